The highest BCUT2D eigenvalue weighted by Gasteiger charge is 2.35. The number of amides is 1. The maximum absolute atomic E-state index is 14.9. The van der Waals surface area contributed by atoms with E-state index in [1.165, 1.54) is 23.3 Å². The highest BCUT2D eigenvalue weighted by molar-refractivity contribution is 5.98. The molecule has 9 heteroatoms. The quantitative estimate of drug-likeness (QED) is 0.513. The number of para-hydroxylation sites is 2. The molecule has 0 spiro atoms. The van der Waals surface area contributed by atoms with Gasteiger partial charge in [-0.3, -0.25) is 4.79 Å². The fraction of sp³-hybridized carbons (Fsp3) is 0.304. The van der Waals surface area contributed by atoms with Crippen molar-refractivity contribution in [3.05, 3.63) is 66.2 Å². The average Bonchev–Trinajstić information content (AvgIpc) is 3.47. The Balaban J connectivity index is 1.42. The van der Waals surface area contributed by atoms with E-state index in [1.54, 1.807) is 17.0 Å². The number of anilines is 1. The van der Waals surface area contributed by atoms with Crippen LogP contribution in [0.3, 0.4) is 0 Å². The van der Waals surface area contributed by atoms with E-state index >= 15 is 0 Å². The minimum Gasteiger partial charge on any atom is -0.424 e. The molecule has 1 amide bonds. The van der Waals surface area contributed by atoms with Gasteiger partial charge in [-0.05, 0) is 43.0 Å². The van der Waals surface area contributed by atoms with Crippen LogP contribution in [0.25, 0.3) is 16.8 Å². The van der Waals surface area contributed by atoms with Crippen molar-refractivity contribution >= 4 is 23.0 Å². The zero-order chi connectivity index (χ0) is 22.1. The second-order valence-electron chi connectivity index (χ2n) is 8.01. The van der Waals surface area contributed by atoms with E-state index in [0.29, 0.717) is 30.4 Å². The first-order valence-electron chi connectivity index (χ1n) is 10.7. The number of rotatable bonds is 5. The van der Waals surface area contributed by atoms with E-state index in [0.717, 1.165) is 18.4 Å². The van der Waals surface area contributed by atoms with Crippen molar-refractivity contribution in [3.63, 3.8) is 0 Å². The van der Waals surface area contributed by atoms with Crippen LogP contribution < -0.4 is 5.32 Å². The number of benzene rings is 2. The van der Waals surface area contributed by atoms with Crippen LogP contribution >= 0.6 is 0 Å². The van der Waals surface area contributed by atoms with E-state index in [-0.39, 0.29) is 23.4 Å². The van der Waals surface area contributed by atoms with Gasteiger partial charge in [-0.15, -0.1) is 0 Å². The number of hydrogen-bond acceptors (Lipinski definition) is 6. The highest BCUT2D eigenvalue weighted by atomic mass is 19.1. The molecule has 0 aliphatic carbocycles. The molecule has 1 fully saturated rings. The second-order valence-corrected chi connectivity index (χ2v) is 8.01. The number of carbonyl (C=O) groups excluding carboxylic acids is 1. The second kappa shape index (κ2) is 8.41. The van der Waals surface area contributed by atoms with Crippen LogP contribution in [0, 0.1) is 11.7 Å². The zero-order valence-corrected chi connectivity index (χ0v) is 17.6. The first kappa shape index (κ1) is 20.2. The maximum atomic E-state index is 14.9. The summed E-state index contributed by atoms with van der Waals surface area (Å²) in [5.74, 6) is -0.734. The molecule has 1 N–H and O–H groups in total. The summed E-state index contributed by atoms with van der Waals surface area (Å²) in [5.41, 5.74) is 1.76. The number of fused-ring (bicyclic) bond motifs is 1. The van der Waals surface area contributed by atoms with Gasteiger partial charge in [-0.2, -0.15) is 20.0 Å². The van der Waals surface area contributed by atoms with Crippen LogP contribution in [0.1, 0.15) is 30.1 Å². The molecule has 164 valence electrons. The molecule has 5 rings (SSSR count). The van der Waals surface area contributed by atoms with Gasteiger partial charge >= 0.3 is 0 Å². The van der Waals surface area contributed by atoms with Crippen LogP contribution in [0.5, 0.6) is 0 Å². The summed E-state index contributed by atoms with van der Waals surface area (Å²) in [7, 11) is 0. The summed E-state index contributed by atoms with van der Waals surface area (Å²) in [4.78, 5) is 21.1. The summed E-state index contributed by atoms with van der Waals surface area (Å²) in [5, 5.41) is 11.4. The number of hydrogen-bond donors (Lipinski definition) is 1. The lowest BCUT2D eigenvalue weighted by Gasteiger charge is -2.40. The maximum Gasteiger partial charge on any atom is 0.295 e. The highest BCUT2D eigenvalue weighted by Crippen LogP contribution is 2.28. The molecule has 2 aromatic carbocycles. The molecule has 3 heterocycles. The van der Waals surface area contributed by atoms with Crippen LogP contribution in [-0.4, -0.2) is 49.9 Å². The molecule has 32 heavy (non-hydrogen) atoms. The molecular formula is C23H23FN6O2. The Kier molecular flexibility index (Phi) is 5.30. The molecule has 0 bridgehead atoms. The lowest BCUT2D eigenvalue weighted by Crippen LogP contribution is -2.51. The fourth-order valence-corrected chi connectivity index (χ4v) is 4.33. The van der Waals surface area contributed by atoms with E-state index in [9.17, 15) is 9.18 Å². The predicted octanol–water partition coefficient (Wildman–Crippen LogP) is 3.90. The van der Waals surface area contributed by atoms with Gasteiger partial charge < -0.3 is 14.6 Å². The van der Waals surface area contributed by atoms with E-state index < -0.39 is 5.82 Å². The standard InChI is InChI=1S/C23H23FN6O2/c1-15-6-5-13-29(19(15)14-25-23-28-17-8-2-3-10-20(17)32-23)22(31)21-16(24)7-4-9-18(21)30-26-11-12-27-30/h2-4,7-12,15,19H,5-6,13-14H2,1H3,(H,25,28). The Labute approximate surface area is 184 Å². The molecule has 2 atom stereocenters. The number of oxazole rings is 1. The number of halogens is 1. The Morgan fingerprint density at radius 2 is 2.00 bits per heavy atom. The third-order valence-electron chi connectivity index (χ3n) is 5.97. The van der Waals surface area contributed by atoms with Gasteiger partial charge in [-0.1, -0.05) is 25.1 Å². The van der Waals surface area contributed by atoms with Gasteiger partial charge in [0.2, 0.25) is 0 Å². The van der Waals surface area contributed by atoms with Gasteiger partial charge in [0.25, 0.3) is 11.9 Å². The number of piperidine rings is 1. The lowest BCUT2D eigenvalue weighted by atomic mass is 9.90. The molecule has 1 aliphatic heterocycles. The van der Waals surface area contributed by atoms with E-state index in [1.807, 2.05) is 24.3 Å². The Bertz CT molecular complexity index is 1210. The van der Waals surface area contributed by atoms with Gasteiger partial charge in [0.15, 0.2) is 5.58 Å². The lowest BCUT2D eigenvalue weighted by molar-refractivity contribution is 0.0534. The third kappa shape index (κ3) is 3.70. The van der Waals surface area contributed by atoms with Crippen molar-refractivity contribution in [1.82, 2.24) is 24.9 Å². The molecule has 2 aromatic heterocycles. The van der Waals surface area contributed by atoms with Crippen molar-refractivity contribution < 1.29 is 13.6 Å². The summed E-state index contributed by atoms with van der Waals surface area (Å²) < 4.78 is 20.6. The summed E-state index contributed by atoms with van der Waals surface area (Å²) in [6, 6.07) is 12.3. The van der Waals surface area contributed by atoms with Gasteiger partial charge in [0, 0.05) is 13.1 Å². The fourth-order valence-electron chi connectivity index (χ4n) is 4.33. The van der Waals surface area contributed by atoms with E-state index in [2.05, 4.69) is 27.4 Å². The van der Waals surface area contributed by atoms with Gasteiger partial charge in [0.05, 0.1) is 18.4 Å². The molecule has 1 aliphatic rings. The third-order valence-corrected chi connectivity index (χ3v) is 5.97. The smallest absolute Gasteiger partial charge is 0.295 e. The number of nitrogens with one attached hydrogen (secondary N) is 1. The van der Waals surface area contributed by atoms with Crippen LogP contribution in [0.15, 0.2) is 59.3 Å². The monoisotopic (exact) mass is 434 g/mol. The molecule has 4 aromatic rings. The van der Waals surface area contributed by atoms with Crippen molar-refractivity contribution in [3.8, 4) is 5.69 Å². The Morgan fingerprint density at radius 1 is 1.19 bits per heavy atom. The van der Waals surface area contributed by atoms with Crippen LogP contribution in [0.2, 0.25) is 0 Å². The average molecular weight is 434 g/mol. The molecule has 1 saturated heterocycles. The number of likely N-dealkylation sites (tertiary alicyclic amines) is 1. The van der Waals surface area contributed by atoms with Crippen molar-refractivity contribution in [2.24, 2.45) is 5.92 Å². The van der Waals surface area contributed by atoms with Crippen molar-refractivity contribution in [2.45, 2.75) is 25.8 Å². The number of aromatic nitrogens is 4. The first-order valence-corrected chi connectivity index (χ1v) is 10.7. The minimum absolute atomic E-state index is 0.0235. The first-order chi connectivity index (χ1) is 15.6. The zero-order valence-electron chi connectivity index (χ0n) is 17.6. The van der Waals surface area contributed by atoms with Crippen molar-refractivity contribution in [2.75, 3.05) is 18.4 Å². The topological polar surface area (TPSA) is 89.1 Å². The summed E-state index contributed by atoms with van der Waals surface area (Å²) in [6.07, 6.45) is 4.83. The Hall–Kier alpha value is -3.75. The van der Waals surface area contributed by atoms with Crippen LogP contribution in [0.4, 0.5) is 10.4 Å². The van der Waals surface area contributed by atoms with Crippen molar-refractivity contribution in [1.29, 1.82) is 0 Å². The summed E-state index contributed by atoms with van der Waals surface area (Å²) >= 11 is 0. The molecule has 8 nitrogen and oxygen atoms in total. The molecule has 0 saturated carbocycles. The van der Waals surface area contributed by atoms with Gasteiger partial charge in [-0.25, -0.2) is 4.39 Å². The van der Waals surface area contributed by atoms with Gasteiger partial charge in [0.1, 0.15) is 22.6 Å². The van der Waals surface area contributed by atoms with E-state index in [4.69, 9.17) is 4.42 Å². The number of carbonyl (C=O) groups is 1. The number of nitrogens with zero attached hydrogens (tertiary/aromatic N) is 5. The summed E-state index contributed by atoms with van der Waals surface area (Å²) in [6.45, 7) is 3.10. The minimum atomic E-state index is -0.589. The molecule has 0 radical (unpaired) electrons. The van der Waals surface area contributed by atoms with Crippen LogP contribution in [-0.2, 0) is 0 Å². The normalized spacial score (nSPS) is 18.8. The largest absolute Gasteiger partial charge is 0.424 e. The molecule has 2 unspecified atom stereocenters. The predicted molar refractivity (Wildman–Crippen MR) is 117 cm³/mol. The molecular weight excluding hydrogens is 411 g/mol. The SMILES string of the molecule is CC1CCCN(C(=O)c2c(F)cccc2-n2nccn2)C1CNc1nc2ccccc2o1. The Morgan fingerprint density at radius 3 is 2.81 bits per heavy atom.